The molecule has 17 N–H and O–H groups in total. The Morgan fingerprint density at radius 3 is 1.14 bits per heavy atom. The Morgan fingerprint density at radius 1 is 0.375 bits per heavy atom. The van der Waals surface area contributed by atoms with E-state index in [1.165, 1.54) is 0 Å². The first-order chi connectivity index (χ1) is 26.4. The molecular formula is C30H52O26. The van der Waals surface area contributed by atoms with E-state index in [1.54, 1.807) is 0 Å². The SMILES string of the molecule is OC[C@H]1O[C@@](CO)(OC[C@@]2(OC[C@@]3(OC[C@H]4O[C@H](O[C@H]5O[C@H](CO)[C@@H](O)[C@H](O)[C@H]5O)[C@H](O)[C@@H](O)[C@@H]4O)O[C@H](CO)[C@@H](O)[C@@H]3O)O[C@H](CO)[C@@H](O)[C@@H]2O)[C@@H](O)[C@@H]1O. The normalized spacial score (nSPS) is 52.6. The molecule has 0 amide bonds. The molecule has 328 valence electrons. The topological polar surface area (TPSA) is 427 Å². The molecule has 22 atom stereocenters. The van der Waals surface area contributed by atoms with Gasteiger partial charge in [0.05, 0.1) is 33.0 Å². The second-order valence-corrected chi connectivity index (χ2v) is 14.2. The molecule has 5 rings (SSSR count). The Hall–Kier alpha value is -1.04. The summed E-state index contributed by atoms with van der Waals surface area (Å²) in [5.74, 6) is -7.80. The third kappa shape index (κ3) is 8.34. The van der Waals surface area contributed by atoms with Crippen LogP contribution in [0.2, 0.25) is 0 Å². The van der Waals surface area contributed by atoms with Gasteiger partial charge in [0.15, 0.2) is 12.6 Å². The largest absolute Gasteiger partial charge is 0.394 e. The van der Waals surface area contributed by atoms with E-state index in [9.17, 15) is 86.8 Å². The Labute approximate surface area is 316 Å². The molecule has 5 aliphatic rings. The summed E-state index contributed by atoms with van der Waals surface area (Å²) in [5.41, 5.74) is 0. The summed E-state index contributed by atoms with van der Waals surface area (Å²) in [6, 6.07) is 0. The lowest BCUT2D eigenvalue weighted by atomic mass is 9.98. The smallest absolute Gasteiger partial charge is 0.222 e. The maximum absolute atomic E-state index is 11.2. The van der Waals surface area contributed by atoms with Gasteiger partial charge in [-0.25, -0.2) is 0 Å². The molecule has 0 aliphatic carbocycles. The third-order valence-corrected chi connectivity index (χ3v) is 10.6. The first-order valence-corrected chi connectivity index (χ1v) is 17.5. The van der Waals surface area contributed by atoms with E-state index in [1.807, 2.05) is 0 Å². The van der Waals surface area contributed by atoms with Crippen molar-refractivity contribution >= 4 is 0 Å². The van der Waals surface area contributed by atoms with E-state index in [0.717, 1.165) is 0 Å². The summed E-state index contributed by atoms with van der Waals surface area (Å²) < 4.78 is 50.0. The van der Waals surface area contributed by atoms with Gasteiger partial charge in [-0.15, -0.1) is 0 Å². The average molecular weight is 829 g/mol. The van der Waals surface area contributed by atoms with Crippen LogP contribution in [0.1, 0.15) is 0 Å². The van der Waals surface area contributed by atoms with Gasteiger partial charge in [0.2, 0.25) is 17.4 Å². The van der Waals surface area contributed by atoms with Gasteiger partial charge >= 0.3 is 0 Å². The van der Waals surface area contributed by atoms with Crippen LogP contribution < -0.4 is 0 Å². The highest BCUT2D eigenvalue weighted by Gasteiger charge is 2.63. The number of hydrogen-bond donors (Lipinski definition) is 17. The fourth-order valence-corrected chi connectivity index (χ4v) is 7.02. The molecule has 26 heteroatoms. The Morgan fingerprint density at radius 2 is 0.732 bits per heavy atom. The van der Waals surface area contributed by atoms with Crippen molar-refractivity contribution in [2.24, 2.45) is 0 Å². The van der Waals surface area contributed by atoms with Gasteiger partial charge in [-0.1, -0.05) is 0 Å². The minimum Gasteiger partial charge on any atom is -0.394 e. The van der Waals surface area contributed by atoms with Gasteiger partial charge in [0, 0.05) is 0 Å². The molecule has 26 nitrogen and oxygen atoms in total. The molecule has 5 aliphatic heterocycles. The molecule has 0 aromatic rings. The lowest BCUT2D eigenvalue weighted by Crippen LogP contribution is -2.64. The maximum Gasteiger partial charge on any atom is 0.222 e. The maximum atomic E-state index is 11.2. The van der Waals surface area contributed by atoms with Crippen molar-refractivity contribution < 1.29 is 129 Å². The fourth-order valence-electron chi connectivity index (χ4n) is 7.02. The molecule has 0 saturated carbocycles. The quantitative estimate of drug-likeness (QED) is 0.0687. The van der Waals surface area contributed by atoms with Crippen molar-refractivity contribution in [3.63, 3.8) is 0 Å². The predicted octanol–water partition coefficient (Wildman–Crippen LogP) is -11.9. The van der Waals surface area contributed by atoms with Crippen LogP contribution in [0.4, 0.5) is 0 Å². The minimum atomic E-state index is -2.66. The van der Waals surface area contributed by atoms with Crippen LogP contribution in [0, 0.1) is 0 Å². The van der Waals surface area contributed by atoms with Crippen LogP contribution in [-0.4, -0.2) is 273 Å². The number of aliphatic hydroxyl groups is 17. The van der Waals surface area contributed by atoms with Gasteiger partial charge in [-0.3, -0.25) is 0 Å². The van der Waals surface area contributed by atoms with E-state index in [0.29, 0.717) is 0 Å². The van der Waals surface area contributed by atoms with Crippen LogP contribution in [0.5, 0.6) is 0 Å². The average Bonchev–Trinajstić information content (AvgIpc) is 3.71. The highest BCUT2D eigenvalue weighted by atomic mass is 16.8. The van der Waals surface area contributed by atoms with E-state index in [4.69, 9.17) is 42.6 Å². The molecule has 5 fully saturated rings. The fraction of sp³-hybridized carbons (Fsp3) is 1.00. The molecular weight excluding hydrogens is 776 g/mol. The minimum absolute atomic E-state index is 0.838. The highest BCUT2D eigenvalue weighted by Crippen LogP contribution is 2.41. The third-order valence-electron chi connectivity index (χ3n) is 10.6. The lowest BCUT2D eigenvalue weighted by Gasteiger charge is -2.45. The molecule has 0 spiro atoms. The number of ether oxygens (including phenoxy) is 9. The zero-order valence-electron chi connectivity index (χ0n) is 29.4. The van der Waals surface area contributed by atoms with Crippen LogP contribution in [0.25, 0.3) is 0 Å². The molecule has 0 radical (unpaired) electrons. The molecule has 0 aromatic heterocycles. The standard InChI is InChI=1S/C30H52O26/c31-1-9-14(36)19(41)21(43)26(51-9)53-27-22(44)20(42)15(37)13(52-27)5-48-29(24(46)17(39)11(3-33)55-29)7-50-30(25(47)18(40)12(4-34)56-30)8-49-28(6-35)23(45)16(38)10(2-32)54-28/h9-27,31-47H,1-8H2/t9-,10-,11-,12-,13-,14-,15-,16-,17-,18-,19+,20+,21-,22-,23+,24+,25+,26-,27-,28-,29-,30-/m1/s1. The Bertz CT molecular complexity index is 1250. The van der Waals surface area contributed by atoms with Crippen molar-refractivity contribution in [2.75, 3.05) is 52.9 Å². The van der Waals surface area contributed by atoms with Crippen LogP contribution in [0.3, 0.4) is 0 Å². The predicted molar refractivity (Wildman–Crippen MR) is 167 cm³/mol. The van der Waals surface area contributed by atoms with Crippen LogP contribution in [-0.2, 0) is 42.6 Å². The zero-order chi connectivity index (χ0) is 41.5. The Balaban J connectivity index is 1.37. The van der Waals surface area contributed by atoms with Gasteiger partial charge in [0.25, 0.3) is 0 Å². The van der Waals surface area contributed by atoms with E-state index < -0.39 is 187 Å². The first-order valence-electron chi connectivity index (χ1n) is 17.5. The summed E-state index contributed by atoms with van der Waals surface area (Å²) >= 11 is 0. The Kier molecular flexibility index (Phi) is 15.0. The summed E-state index contributed by atoms with van der Waals surface area (Å²) in [4.78, 5) is 0. The van der Waals surface area contributed by atoms with Crippen LogP contribution >= 0.6 is 0 Å². The van der Waals surface area contributed by atoms with Gasteiger partial charge in [-0.2, -0.15) is 0 Å². The molecule has 0 aromatic carbocycles. The van der Waals surface area contributed by atoms with E-state index in [-0.39, 0.29) is 0 Å². The lowest BCUT2D eigenvalue weighted by molar-refractivity contribution is -0.387. The van der Waals surface area contributed by atoms with Crippen molar-refractivity contribution in [2.45, 2.75) is 134 Å². The molecule has 0 bridgehead atoms. The summed E-state index contributed by atoms with van der Waals surface area (Å²) in [6.07, 6.45) is -35.6. The zero-order valence-corrected chi connectivity index (χ0v) is 29.4. The second-order valence-electron chi connectivity index (χ2n) is 14.2. The van der Waals surface area contributed by atoms with Crippen molar-refractivity contribution in [3.05, 3.63) is 0 Å². The number of aliphatic hydroxyl groups excluding tert-OH is 17. The van der Waals surface area contributed by atoms with Gasteiger partial charge in [-0.05, 0) is 0 Å². The number of hydrogen-bond acceptors (Lipinski definition) is 26. The highest BCUT2D eigenvalue weighted by molar-refractivity contribution is 5.03. The van der Waals surface area contributed by atoms with Crippen molar-refractivity contribution in [3.8, 4) is 0 Å². The van der Waals surface area contributed by atoms with Crippen molar-refractivity contribution in [1.82, 2.24) is 0 Å². The van der Waals surface area contributed by atoms with Crippen molar-refractivity contribution in [1.29, 1.82) is 0 Å². The van der Waals surface area contributed by atoms with Gasteiger partial charge in [0.1, 0.15) is 124 Å². The molecule has 56 heavy (non-hydrogen) atoms. The summed E-state index contributed by atoms with van der Waals surface area (Å²) in [5, 5.41) is 176. The second kappa shape index (κ2) is 18.3. The molecule has 5 heterocycles. The molecule has 5 saturated heterocycles. The van der Waals surface area contributed by atoms with Gasteiger partial charge < -0.3 is 129 Å². The monoisotopic (exact) mass is 828 g/mol. The van der Waals surface area contributed by atoms with E-state index >= 15 is 0 Å². The first kappa shape index (κ1) is 46.0. The van der Waals surface area contributed by atoms with E-state index in [2.05, 4.69) is 0 Å². The van der Waals surface area contributed by atoms with Crippen LogP contribution in [0.15, 0.2) is 0 Å². The summed E-state index contributed by atoms with van der Waals surface area (Å²) in [7, 11) is 0. The summed E-state index contributed by atoms with van der Waals surface area (Å²) in [6.45, 7) is -7.95. The molecule has 0 unspecified atom stereocenters. The number of rotatable bonds is 16.